The van der Waals surface area contributed by atoms with Gasteiger partial charge < -0.3 is 10.1 Å². The lowest BCUT2D eigenvalue weighted by atomic mass is 10.1. The van der Waals surface area contributed by atoms with Crippen molar-refractivity contribution in [1.82, 2.24) is 14.5 Å². The van der Waals surface area contributed by atoms with E-state index in [2.05, 4.69) is 5.32 Å². The van der Waals surface area contributed by atoms with Crippen LogP contribution >= 0.6 is 0 Å². The number of carbonyl (C=O) groups is 1. The topological polar surface area (TPSA) is 92.8 Å². The average molecular weight is 474 g/mol. The Morgan fingerprint density at radius 1 is 1.06 bits per heavy atom. The fourth-order valence-corrected chi connectivity index (χ4v) is 4.16. The summed E-state index contributed by atoms with van der Waals surface area (Å²) in [6.45, 7) is 1.96. The van der Waals surface area contributed by atoms with Crippen LogP contribution in [0.1, 0.15) is 18.2 Å². The van der Waals surface area contributed by atoms with Crippen molar-refractivity contribution in [2.24, 2.45) is 0 Å². The molecule has 2 aromatic heterocycles. The number of anilines is 1. The summed E-state index contributed by atoms with van der Waals surface area (Å²) in [6, 6.07) is 27.5. The van der Waals surface area contributed by atoms with Crippen molar-refractivity contribution < 1.29 is 9.53 Å². The molecular formula is C29H23N5O2. The highest BCUT2D eigenvalue weighted by Crippen LogP contribution is 2.32. The van der Waals surface area contributed by atoms with Gasteiger partial charge in [0.1, 0.15) is 23.2 Å². The number of nitrogens with one attached hydrogen (secondary N) is 1. The second-order valence-corrected chi connectivity index (χ2v) is 8.26. The molecule has 7 heteroatoms. The summed E-state index contributed by atoms with van der Waals surface area (Å²) in [6.07, 6.45) is 1.58. The van der Waals surface area contributed by atoms with E-state index in [0.717, 1.165) is 21.9 Å². The number of methoxy groups -OCH3 is 1. The number of aromatic nitrogens is 3. The number of ether oxygens (including phenoxy) is 1. The molecule has 0 saturated heterocycles. The van der Waals surface area contributed by atoms with Crippen LogP contribution in [0.25, 0.3) is 33.8 Å². The van der Waals surface area contributed by atoms with E-state index in [-0.39, 0.29) is 11.4 Å². The summed E-state index contributed by atoms with van der Waals surface area (Å²) < 4.78 is 7.48. The predicted molar refractivity (Wildman–Crippen MR) is 141 cm³/mol. The summed E-state index contributed by atoms with van der Waals surface area (Å²) in [4.78, 5) is 21.8. The Bertz CT molecular complexity index is 1660. The number of para-hydroxylation sites is 2. The van der Waals surface area contributed by atoms with E-state index in [1.165, 1.54) is 6.92 Å². The van der Waals surface area contributed by atoms with Gasteiger partial charge in [-0.2, -0.15) is 10.2 Å². The Kier molecular flexibility index (Phi) is 6.16. The molecule has 0 unspecified atom stereocenters. The number of nitriles is 1. The quantitative estimate of drug-likeness (QED) is 0.241. The highest BCUT2D eigenvalue weighted by atomic mass is 16.5. The van der Waals surface area contributed by atoms with Crippen molar-refractivity contribution in [2.45, 2.75) is 13.5 Å². The van der Waals surface area contributed by atoms with Crippen LogP contribution in [0.15, 0.2) is 84.4 Å². The molecule has 0 aliphatic heterocycles. The molecule has 0 aliphatic rings. The number of hydrogen-bond acceptors (Lipinski definition) is 6. The molecule has 0 aliphatic carbocycles. The van der Waals surface area contributed by atoms with Crippen molar-refractivity contribution in [3.8, 4) is 17.8 Å². The van der Waals surface area contributed by atoms with Crippen LogP contribution < -0.4 is 10.1 Å². The molecule has 2 heterocycles. The second-order valence-electron chi connectivity index (χ2n) is 8.26. The number of benzene rings is 3. The Morgan fingerprint density at radius 2 is 1.83 bits per heavy atom. The van der Waals surface area contributed by atoms with Crippen molar-refractivity contribution in [3.63, 3.8) is 0 Å². The molecule has 0 amide bonds. The Morgan fingerprint density at radius 3 is 2.58 bits per heavy atom. The Labute approximate surface area is 208 Å². The van der Waals surface area contributed by atoms with Gasteiger partial charge in [0.05, 0.1) is 23.9 Å². The zero-order valence-corrected chi connectivity index (χ0v) is 19.9. The van der Waals surface area contributed by atoms with Crippen molar-refractivity contribution >= 4 is 39.5 Å². The minimum absolute atomic E-state index is 0.0554. The molecule has 1 N–H and O–H groups in total. The number of hydrogen-bond donors (Lipinski definition) is 1. The van der Waals surface area contributed by atoms with E-state index >= 15 is 0 Å². The normalized spacial score (nSPS) is 11.4. The van der Waals surface area contributed by atoms with Crippen LogP contribution in [0.2, 0.25) is 0 Å². The van der Waals surface area contributed by atoms with E-state index in [1.54, 1.807) is 13.2 Å². The molecule has 0 saturated carbocycles. The monoisotopic (exact) mass is 473 g/mol. The highest BCUT2D eigenvalue weighted by Gasteiger charge is 2.17. The summed E-state index contributed by atoms with van der Waals surface area (Å²) in [7, 11) is 1.61. The van der Waals surface area contributed by atoms with Gasteiger partial charge in [-0.25, -0.2) is 4.98 Å². The smallest absolute Gasteiger partial charge is 0.237 e. The molecule has 36 heavy (non-hydrogen) atoms. The molecule has 0 spiro atoms. The lowest BCUT2D eigenvalue weighted by molar-refractivity contribution is -0.113. The largest absolute Gasteiger partial charge is 0.494 e. The molecule has 5 rings (SSSR count). The molecule has 5 aromatic rings. The first-order chi connectivity index (χ1) is 17.6. The maximum absolute atomic E-state index is 12.0. The summed E-state index contributed by atoms with van der Waals surface area (Å²) in [5.41, 5.74) is 3.31. The molecule has 0 radical (unpaired) electrons. The van der Waals surface area contributed by atoms with Gasteiger partial charge in [-0.15, -0.1) is 0 Å². The lowest BCUT2D eigenvalue weighted by Gasteiger charge is -2.15. The number of fused-ring (bicyclic) bond motifs is 2. The van der Waals surface area contributed by atoms with Crippen LogP contribution in [0.3, 0.4) is 0 Å². The van der Waals surface area contributed by atoms with Gasteiger partial charge in [0.2, 0.25) is 5.95 Å². The molecule has 176 valence electrons. The first-order valence-electron chi connectivity index (χ1n) is 11.4. The molecule has 0 bridgehead atoms. The number of allylic oxidation sites excluding steroid dienone is 1. The van der Waals surface area contributed by atoms with E-state index in [1.807, 2.05) is 89.5 Å². The maximum Gasteiger partial charge on any atom is 0.237 e. The first-order valence-corrected chi connectivity index (χ1v) is 11.4. The lowest BCUT2D eigenvalue weighted by Crippen LogP contribution is -2.09. The Balaban J connectivity index is 1.75. The number of ketones is 1. The van der Waals surface area contributed by atoms with Crippen molar-refractivity contribution in [2.75, 3.05) is 12.4 Å². The van der Waals surface area contributed by atoms with E-state index in [0.29, 0.717) is 35.3 Å². The highest BCUT2D eigenvalue weighted by molar-refractivity contribution is 6.02. The van der Waals surface area contributed by atoms with Gasteiger partial charge in [-0.3, -0.25) is 9.36 Å². The molecule has 0 atom stereocenters. The number of rotatable bonds is 7. The summed E-state index contributed by atoms with van der Waals surface area (Å²) in [5, 5.41) is 14.7. The zero-order chi connectivity index (χ0) is 25.1. The minimum atomic E-state index is -0.305. The van der Waals surface area contributed by atoms with Gasteiger partial charge in [-0.1, -0.05) is 54.6 Å². The molecular weight excluding hydrogens is 450 g/mol. The zero-order valence-electron chi connectivity index (χ0n) is 19.9. The summed E-state index contributed by atoms with van der Waals surface area (Å²) in [5.74, 6) is 1.36. The fourth-order valence-electron chi connectivity index (χ4n) is 4.16. The van der Waals surface area contributed by atoms with E-state index in [9.17, 15) is 10.1 Å². The van der Waals surface area contributed by atoms with Gasteiger partial charge in [0, 0.05) is 17.3 Å². The third-order valence-corrected chi connectivity index (χ3v) is 5.93. The second kappa shape index (κ2) is 9.72. The first kappa shape index (κ1) is 22.8. The van der Waals surface area contributed by atoms with Crippen molar-refractivity contribution in [1.29, 1.82) is 5.26 Å². The van der Waals surface area contributed by atoms with Gasteiger partial charge in [0.15, 0.2) is 5.78 Å². The number of nitrogens with zero attached hydrogens (tertiary/aromatic N) is 4. The number of Topliss-reactive ketones (excluding diaryl/α,β-unsaturated/α-hetero) is 1. The summed E-state index contributed by atoms with van der Waals surface area (Å²) >= 11 is 0. The molecule has 7 nitrogen and oxygen atoms in total. The average Bonchev–Trinajstić information content (AvgIpc) is 3.28. The maximum atomic E-state index is 12.0. The van der Waals surface area contributed by atoms with E-state index in [4.69, 9.17) is 14.7 Å². The predicted octanol–water partition coefficient (Wildman–Crippen LogP) is 5.69. The van der Waals surface area contributed by atoms with Gasteiger partial charge >= 0.3 is 0 Å². The van der Waals surface area contributed by atoms with Crippen LogP contribution in [0.5, 0.6) is 5.75 Å². The Hall–Kier alpha value is -4.96. The van der Waals surface area contributed by atoms with E-state index < -0.39 is 0 Å². The fraction of sp³-hybridized carbons (Fsp3) is 0.103. The molecule has 0 fully saturated rings. The standard InChI is InChI=1S/C29H23N5O2/c1-19(35)22(17-30)16-23-15-21-11-6-7-13-25(21)34(23)29-32-27-24(12-8-14-26(27)36-2)28(33-29)31-18-20-9-4-3-5-10-20/h3-16H,18H2,1-2H3,(H,31,32,33). The van der Waals surface area contributed by atoms with Crippen molar-refractivity contribution in [3.05, 3.63) is 95.7 Å². The van der Waals surface area contributed by atoms with Gasteiger partial charge in [0.25, 0.3) is 0 Å². The minimum Gasteiger partial charge on any atom is -0.494 e. The van der Waals surface area contributed by atoms with Crippen LogP contribution in [-0.4, -0.2) is 27.4 Å². The van der Waals surface area contributed by atoms with Crippen LogP contribution in [0.4, 0.5) is 5.82 Å². The third kappa shape index (κ3) is 4.28. The van der Waals surface area contributed by atoms with Gasteiger partial charge in [-0.05, 0) is 42.8 Å². The molecule has 3 aromatic carbocycles. The number of carbonyl (C=O) groups excluding carboxylic acids is 1. The SMILES string of the molecule is COc1cccc2c(NCc3ccccc3)nc(-n3c(C=C(C#N)C(C)=O)cc4ccccc43)nc12. The third-order valence-electron chi connectivity index (χ3n) is 5.93. The van der Waals surface area contributed by atoms with Crippen LogP contribution in [0, 0.1) is 11.3 Å². The van der Waals surface area contributed by atoms with Crippen LogP contribution in [-0.2, 0) is 11.3 Å².